The summed E-state index contributed by atoms with van der Waals surface area (Å²) in [5.74, 6) is -0.326. The van der Waals surface area contributed by atoms with Gasteiger partial charge in [-0.1, -0.05) is 30.3 Å². The van der Waals surface area contributed by atoms with Gasteiger partial charge in [-0.3, -0.25) is 4.79 Å². The summed E-state index contributed by atoms with van der Waals surface area (Å²) in [5.41, 5.74) is 1.17. The van der Waals surface area contributed by atoms with Gasteiger partial charge < -0.3 is 15.5 Å². The van der Waals surface area contributed by atoms with E-state index in [1.54, 1.807) is 6.20 Å². The van der Waals surface area contributed by atoms with Crippen molar-refractivity contribution in [3.05, 3.63) is 47.7 Å². The molecule has 1 unspecified atom stereocenters. The molecule has 0 aromatic heterocycles. The minimum atomic E-state index is -0.326. The standard InChI is InChI=1S/C16H20N4O/c1-13(14-5-3-2-4-6-14)19-16(21)15(11-17)12-20-9-7-18-8-10-20/h2-6,12-13,18H,7-10H2,1H3,(H,19,21)/b15-12-. The maximum Gasteiger partial charge on any atom is 0.263 e. The zero-order valence-electron chi connectivity index (χ0n) is 12.2. The number of carbonyl (C=O) groups excluding carboxylic acids is 1. The highest BCUT2D eigenvalue weighted by atomic mass is 16.1. The van der Waals surface area contributed by atoms with E-state index in [9.17, 15) is 10.1 Å². The second kappa shape index (κ2) is 7.46. The molecule has 0 bridgehead atoms. The maximum atomic E-state index is 12.2. The number of nitrogens with one attached hydrogen (secondary N) is 2. The Balaban J connectivity index is 2.00. The zero-order chi connectivity index (χ0) is 15.1. The largest absolute Gasteiger partial charge is 0.374 e. The van der Waals surface area contributed by atoms with Crippen LogP contribution in [0.15, 0.2) is 42.1 Å². The van der Waals surface area contributed by atoms with E-state index in [0.717, 1.165) is 31.7 Å². The lowest BCUT2D eigenvalue weighted by molar-refractivity contribution is -0.117. The molecule has 2 N–H and O–H groups in total. The third-order valence-corrected chi connectivity index (χ3v) is 3.48. The summed E-state index contributed by atoms with van der Waals surface area (Å²) in [7, 11) is 0. The van der Waals surface area contributed by atoms with E-state index >= 15 is 0 Å². The van der Waals surface area contributed by atoms with Crippen LogP contribution >= 0.6 is 0 Å². The molecular formula is C16H20N4O. The number of rotatable bonds is 4. The van der Waals surface area contributed by atoms with Gasteiger partial charge in [-0.15, -0.1) is 0 Å². The summed E-state index contributed by atoms with van der Waals surface area (Å²) < 4.78 is 0. The summed E-state index contributed by atoms with van der Waals surface area (Å²) >= 11 is 0. The number of hydrogen-bond acceptors (Lipinski definition) is 4. The van der Waals surface area contributed by atoms with Gasteiger partial charge in [0.2, 0.25) is 0 Å². The quantitative estimate of drug-likeness (QED) is 0.643. The fourth-order valence-corrected chi connectivity index (χ4v) is 2.23. The van der Waals surface area contributed by atoms with Crippen LogP contribution in [-0.4, -0.2) is 37.0 Å². The molecule has 1 amide bonds. The first-order chi connectivity index (χ1) is 10.2. The lowest BCUT2D eigenvalue weighted by atomic mass is 10.1. The summed E-state index contributed by atoms with van der Waals surface area (Å²) in [6, 6.07) is 11.6. The van der Waals surface area contributed by atoms with Crippen molar-refractivity contribution in [2.75, 3.05) is 26.2 Å². The predicted octanol–water partition coefficient (Wildman–Crippen LogP) is 1.18. The van der Waals surface area contributed by atoms with Gasteiger partial charge in [-0.25, -0.2) is 0 Å². The molecule has 1 fully saturated rings. The molecule has 21 heavy (non-hydrogen) atoms. The van der Waals surface area contributed by atoms with Crippen molar-refractivity contribution in [2.45, 2.75) is 13.0 Å². The van der Waals surface area contributed by atoms with Crippen LogP contribution in [0.3, 0.4) is 0 Å². The van der Waals surface area contributed by atoms with Crippen LogP contribution < -0.4 is 10.6 Å². The van der Waals surface area contributed by atoms with Crippen LogP contribution in [0.4, 0.5) is 0 Å². The van der Waals surface area contributed by atoms with Crippen LogP contribution in [0.5, 0.6) is 0 Å². The Morgan fingerprint density at radius 2 is 2.05 bits per heavy atom. The molecule has 1 aliphatic rings. The van der Waals surface area contributed by atoms with Crippen molar-refractivity contribution in [3.8, 4) is 6.07 Å². The summed E-state index contributed by atoms with van der Waals surface area (Å²) in [6.07, 6.45) is 1.66. The first-order valence-electron chi connectivity index (χ1n) is 7.13. The molecule has 1 saturated heterocycles. The molecule has 1 aliphatic heterocycles. The fourth-order valence-electron chi connectivity index (χ4n) is 2.23. The molecule has 110 valence electrons. The lowest BCUT2D eigenvalue weighted by Crippen LogP contribution is -2.41. The highest BCUT2D eigenvalue weighted by Gasteiger charge is 2.15. The summed E-state index contributed by atoms with van der Waals surface area (Å²) in [6.45, 7) is 5.28. The second-order valence-corrected chi connectivity index (χ2v) is 5.05. The maximum absolute atomic E-state index is 12.2. The highest BCUT2D eigenvalue weighted by molar-refractivity contribution is 5.97. The Bertz CT molecular complexity index is 541. The van der Waals surface area contributed by atoms with E-state index in [4.69, 9.17) is 0 Å². The number of carbonyl (C=O) groups is 1. The monoisotopic (exact) mass is 284 g/mol. The number of amides is 1. The topological polar surface area (TPSA) is 68.2 Å². The van der Waals surface area contributed by atoms with Crippen molar-refractivity contribution in [3.63, 3.8) is 0 Å². The number of piperazine rings is 1. The van der Waals surface area contributed by atoms with Gasteiger partial charge >= 0.3 is 0 Å². The van der Waals surface area contributed by atoms with Crippen molar-refractivity contribution in [1.82, 2.24) is 15.5 Å². The van der Waals surface area contributed by atoms with Gasteiger partial charge in [-0.2, -0.15) is 5.26 Å². The Morgan fingerprint density at radius 1 is 1.38 bits per heavy atom. The van der Waals surface area contributed by atoms with E-state index < -0.39 is 0 Å². The van der Waals surface area contributed by atoms with Crippen LogP contribution in [0.2, 0.25) is 0 Å². The molecule has 0 saturated carbocycles. The first-order valence-corrected chi connectivity index (χ1v) is 7.13. The number of nitrogens with zero attached hydrogens (tertiary/aromatic N) is 2. The third-order valence-electron chi connectivity index (χ3n) is 3.48. The molecule has 2 rings (SSSR count). The van der Waals surface area contributed by atoms with Crippen molar-refractivity contribution >= 4 is 5.91 Å². The summed E-state index contributed by atoms with van der Waals surface area (Å²) in [5, 5.41) is 15.3. The number of hydrogen-bond donors (Lipinski definition) is 2. The molecular weight excluding hydrogens is 264 g/mol. The van der Waals surface area contributed by atoms with E-state index in [0.29, 0.717) is 0 Å². The van der Waals surface area contributed by atoms with E-state index in [2.05, 4.69) is 10.6 Å². The molecule has 5 heteroatoms. The average molecular weight is 284 g/mol. The highest BCUT2D eigenvalue weighted by Crippen LogP contribution is 2.12. The van der Waals surface area contributed by atoms with Crippen molar-refractivity contribution in [2.24, 2.45) is 0 Å². The van der Waals surface area contributed by atoms with E-state index in [1.165, 1.54) is 0 Å². The Morgan fingerprint density at radius 3 is 2.67 bits per heavy atom. The normalized spacial score (nSPS) is 17.0. The van der Waals surface area contributed by atoms with Crippen LogP contribution in [-0.2, 0) is 4.79 Å². The molecule has 0 aliphatic carbocycles. The lowest BCUT2D eigenvalue weighted by Gasteiger charge is -2.26. The minimum absolute atomic E-state index is 0.126. The van der Waals surface area contributed by atoms with Crippen molar-refractivity contribution < 1.29 is 4.79 Å². The average Bonchev–Trinajstić information content (AvgIpc) is 2.54. The Kier molecular flexibility index (Phi) is 5.35. The van der Waals surface area contributed by atoms with Gasteiger partial charge in [0.1, 0.15) is 11.6 Å². The Hall–Kier alpha value is -2.32. The van der Waals surface area contributed by atoms with Crippen LogP contribution in [0.1, 0.15) is 18.5 Å². The van der Waals surface area contributed by atoms with Gasteiger partial charge in [0.05, 0.1) is 6.04 Å². The predicted molar refractivity (Wildman–Crippen MR) is 81.1 cm³/mol. The molecule has 1 aromatic carbocycles. The minimum Gasteiger partial charge on any atom is -0.374 e. The number of nitriles is 1. The van der Waals surface area contributed by atoms with Crippen LogP contribution in [0, 0.1) is 11.3 Å². The second-order valence-electron chi connectivity index (χ2n) is 5.05. The smallest absolute Gasteiger partial charge is 0.263 e. The molecule has 0 radical (unpaired) electrons. The number of benzene rings is 1. The van der Waals surface area contributed by atoms with Gasteiger partial charge in [0.15, 0.2) is 0 Å². The molecule has 5 nitrogen and oxygen atoms in total. The molecule has 1 heterocycles. The summed E-state index contributed by atoms with van der Waals surface area (Å²) in [4.78, 5) is 14.2. The van der Waals surface area contributed by atoms with Gasteiger partial charge in [0, 0.05) is 32.4 Å². The van der Waals surface area contributed by atoms with Gasteiger partial charge in [-0.05, 0) is 12.5 Å². The van der Waals surface area contributed by atoms with Gasteiger partial charge in [0.25, 0.3) is 5.91 Å². The zero-order valence-corrected chi connectivity index (χ0v) is 12.2. The SMILES string of the molecule is CC(NC(=O)/C(C#N)=C\N1CCNCC1)c1ccccc1. The van der Waals surface area contributed by atoms with E-state index in [1.807, 2.05) is 48.2 Å². The third kappa shape index (κ3) is 4.33. The molecule has 0 spiro atoms. The first kappa shape index (κ1) is 15.1. The molecule has 1 atom stereocenters. The fraction of sp³-hybridized carbons (Fsp3) is 0.375. The van der Waals surface area contributed by atoms with Crippen molar-refractivity contribution in [1.29, 1.82) is 5.26 Å². The molecule has 1 aromatic rings. The Labute approximate surface area is 125 Å². The van der Waals surface area contributed by atoms with E-state index in [-0.39, 0.29) is 17.5 Å². The van der Waals surface area contributed by atoms with Crippen LogP contribution in [0.25, 0.3) is 0 Å².